The molecule has 3 aromatic rings. The van der Waals surface area contributed by atoms with Crippen molar-refractivity contribution in [1.29, 1.82) is 0 Å². The first-order valence-corrected chi connectivity index (χ1v) is 9.91. The summed E-state index contributed by atoms with van der Waals surface area (Å²) in [6, 6.07) is 14.9. The molecule has 0 saturated heterocycles. The van der Waals surface area contributed by atoms with E-state index >= 15 is 0 Å². The second-order valence-electron chi connectivity index (χ2n) is 7.18. The Hall–Kier alpha value is -3.25. The molecule has 4 rings (SSSR count). The molecule has 30 heavy (non-hydrogen) atoms. The zero-order valence-electron chi connectivity index (χ0n) is 16.0. The molecule has 2 amide bonds. The molecule has 1 atom stereocenters. The van der Waals surface area contributed by atoms with Crippen molar-refractivity contribution in [3.63, 3.8) is 0 Å². The average molecular weight is 424 g/mol. The smallest absolute Gasteiger partial charge is 0.267 e. The van der Waals surface area contributed by atoms with Crippen molar-refractivity contribution in [2.45, 2.75) is 25.4 Å². The fourth-order valence-corrected chi connectivity index (χ4v) is 4.20. The number of fused-ring (bicyclic) bond motifs is 1. The Kier molecular flexibility index (Phi) is 5.50. The van der Waals surface area contributed by atoms with Crippen molar-refractivity contribution in [3.05, 3.63) is 99.6 Å². The molecule has 0 aliphatic heterocycles. The zero-order chi connectivity index (χ0) is 21.3. The van der Waals surface area contributed by atoms with Gasteiger partial charge in [-0.25, -0.2) is 4.39 Å². The minimum Gasteiger partial charge on any atom is -0.364 e. The van der Waals surface area contributed by atoms with Gasteiger partial charge < -0.3 is 10.6 Å². The summed E-state index contributed by atoms with van der Waals surface area (Å²) in [4.78, 5) is 31.0. The summed E-state index contributed by atoms with van der Waals surface area (Å²) in [6.45, 7) is 0.109. The van der Waals surface area contributed by atoms with Crippen LogP contribution >= 0.6 is 11.6 Å². The lowest BCUT2D eigenvalue weighted by Crippen LogP contribution is -2.34. The van der Waals surface area contributed by atoms with Gasteiger partial charge in [-0.1, -0.05) is 35.9 Å². The van der Waals surface area contributed by atoms with Crippen LogP contribution < -0.4 is 5.73 Å². The third-order valence-electron chi connectivity index (χ3n) is 5.34. The van der Waals surface area contributed by atoms with Crippen LogP contribution in [0.3, 0.4) is 0 Å². The number of nitrogens with zero attached hydrogens (tertiary/aromatic N) is 2. The molecule has 5 nitrogen and oxygen atoms in total. The molecular formula is C23H19ClFN3O2. The van der Waals surface area contributed by atoms with Crippen LogP contribution in [0.15, 0.2) is 60.8 Å². The van der Waals surface area contributed by atoms with Crippen LogP contribution in [0.4, 0.5) is 4.39 Å². The Morgan fingerprint density at radius 1 is 1.17 bits per heavy atom. The number of carbonyl (C=O) groups excluding carboxylic acids is 2. The van der Waals surface area contributed by atoms with Gasteiger partial charge in [-0.15, -0.1) is 0 Å². The molecule has 152 valence electrons. The lowest BCUT2D eigenvalue weighted by Gasteiger charge is -2.30. The number of halogens is 2. The quantitative estimate of drug-likeness (QED) is 0.664. The molecule has 0 bridgehead atoms. The van der Waals surface area contributed by atoms with E-state index in [9.17, 15) is 14.0 Å². The lowest BCUT2D eigenvalue weighted by molar-refractivity contribution is 0.0656. The number of pyridine rings is 1. The van der Waals surface area contributed by atoms with E-state index in [4.69, 9.17) is 17.3 Å². The van der Waals surface area contributed by atoms with E-state index in [1.165, 1.54) is 12.3 Å². The minimum atomic E-state index is -0.668. The van der Waals surface area contributed by atoms with Gasteiger partial charge in [0.2, 0.25) is 0 Å². The molecule has 1 aliphatic carbocycles. The molecule has 1 aromatic heterocycles. The SMILES string of the molecule is NC(=O)c1ncccc1CN(C(=O)c1ccccc1)[C@@H]1CCc2c(F)cc(Cl)cc21. The highest BCUT2D eigenvalue weighted by Crippen LogP contribution is 2.40. The van der Waals surface area contributed by atoms with Crippen LogP contribution in [0, 0.1) is 5.82 Å². The van der Waals surface area contributed by atoms with E-state index < -0.39 is 5.91 Å². The maximum atomic E-state index is 14.5. The Morgan fingerprint density at radius 3 is 2.67 bits per heavy atom. The summed E-state index contributed by atoms with van der Waals surface area (Å²) in [5.74, 6) is -1.27. The third-order valence-corrected chi connectivity index (χ3v) is 5.56. The maximum Gasteiger partial charge on any atom is 0.267 e. The van der Waals surface area contributed by atoms with E-state index in [0.717, 1.165) is 0 Å². The number of benzene rings is 2. The first kappa shape index (κ1) is 20.0. The highest BCUT2D eigenvalue weighted by molar-refractivity contribution is 6.30. The first-order chi connectivity index (χ1) is 14.5. The topological polar surface area (TPSA) is 76.3 Å². The zero-order valence-corrected chi connectivity index (χ0v) is 16.8. The van der Waals surface area contributed by atoms with Gasteiger partial charge in [0.15, 0.2) is 0 Å². The molecule has 0 fully saturated rings. The van der Waals surface area contributed by atoms with Gasteiger partial charge in [0, 0.05) is 28.9 Å². The van der Waals surface area contributed by atoms with Crippen LogP contribution in [0.2, 0.25) is 5.02 Å². The Balaban J connectivity index is 1.79. The van der Waals surface area contributed by atoms with E-state index in [-0.39, 0.29) is 35.0 Å². The van der Waals surface area contributed by atoms with Crippen molar-refractivity contribution in [2.24, 2.45) is 5.73 Å². The molecule has 1 heterocycles. The number of rotatable bonds is 5. The van der Waals surface area contributed by atoms with Crippen molar-refractivity contribution in [2.75, 3.05) is 0 Å². The van der Waals surface area contributed by atoms with Crippen LogP contribution in [-0.4, -0.2) is 21.7 Å². The second kappa shape index (κ2) is 8.24. The molecule has 2 N–H and O–H groups in total. The summed E-state index contributed by atoms with van der Waals surface area (Å²) >= 11 is 6.11. The number of amides is 2. The van der Waals surface area contributed by atoms with Crippen molar-refractivity contribution in [1.82, 2.24) is 9.88 Å². The minimum absolute atomic E-state index is 0.109. The second-order valence-corrected chi connectivity index (χ2v) is 7.62. The van der Waals surface area contributed by atoms with E-state index in [1.807, 2.05) is 6.07 Å². The predicted octanol–water partition coefficient (Wildman–Crippen LogP) is 4.30. The fraction of sp³-hybridized carbons (Fsp3) is 0.174. The average Bonchev–Trinajstić information content (AvgIpc) is 3.16. The summed E-state index contributed by atoms with van der Waals surface area (Å²) in [7, 11) is 0. The number of nitrogens with two attached hydrogens (primary N) is 1. The van der Waals surface area contributed by atoms with E-state index in [0.29, 0.717) is 35.1 Å². The first-order valence-electron chi connectivity index (χ1n) is 9.53. The molecular weight excluding hydrogens is 405 g/mol. The molecule has 1 aliphatic rings. The lowest BCUT2D eigenvalue weighted by atomic mass is 10.0. The highest BCUT2D eigenvalue weighted by atomic mass is 35.5. The van der Waals surface area contributed by atoms with Gasteiger partial charge in [-0.2, -0.15) is 0 Å². The van der Waals surface area contributed by atoms with E-state index in [2.05, 4.69) is 4.98 Å². The normalized spacial score (nSPS) is 14.9. The van der Waals surface area contributed by atoms with Gasteiger partial charge in [0.1, 0.15) is 11.5 Å². The molecule has 0 radical (unpaired) electrons. The fourth-order valence-electron chi connectivity index (χ4n) is 3.99. The molecule has 7 heteroatoms. The van der Waals surface area contributed by atoms with Crippen LogP contribution in [-0.2, 0) is 13.0 Å². The number of hydrogen-bond donors (Lipinski definition) is 1. The van der Waals surface area contributed by atoms with Crippen molar-refractivity contribution >= 4 is 23.4 Å². The van der Waals surface area contributed by atoms with Crippen LogP contribution in [0.5, 0.6) is 0 Å². The Morgan fingerprint density at radius 2 is 1.93 bits per heavy atom. The summed E-state index contributed by atoms with van der Waals surface area (Å²) < 4.78 is 14.5. The van der Waals surface area contributed by atoms with Gasteiger partial charge in [-0.3, -0.25) is 14.6 Å². The van der Waals surface area contributed by atoms with Crippen LogP contribution in [0.25, 0.3) is 0 Å². The third kappa shape index (κ3) is 3.78. The van der Waals surface area contributed by atoms with Crippen molar-refractivity contribution < 1.29 is 14.0 Å². The van der Waals surface area contributed by atoms with Gasteiger partial charge in [-0.05, 0) is 54.3 Å². The predicted molar refractivity (Wildman–Crippen MR) is 112 cm³/mol. The molecule has 0 spiro atoms. The summed E-state index contributed by atoms with van der Waals surface area (Å²) in [5.41, 5.74) is 7.87. The van der Waals surface area contributed by atoms with Gasteiger partial charge in [0.25, 0.3) is 11.8 Å². The van der Waals surface area contributed by atoms with Crippen LogP contribution in [0.1, 0.15) is 50.0 Å². The van der Waals surface area contributed by atoms with E-state index in [1.54, 1.807) is 47.4 Å². The highest BCUT2D eigenvalue weighted by Gasteiger charge is 2.34. The van der Waals surface area contributed by atoms with Gasteiger partial charge >= 0.3 is 0 Å². The number of primary amides is 1. The largest absolute Gasteiger partial charge is 0.364 e. The molecule has 0 unspecified atom stereocenters. The van der Waals surface area contributed by atoms with Crippen molar-refractivity contribution in [3.8, 4) is 0 Å². The number of carbonyl (C=O) groups is 2. The monoisotopic (exact) mass is 423 g/mol. The maximum absolute atomic E-state index is 14.5. The standard InChI is InChI=1S/C23H19ClFN3O2/c24-16-11-18-17(19(25)12-16)8-9-20(18)28(23(30)14-5-2-1-3-6-14)13-15-7-4-10-27-21(15)22(26)29/h1-7,10-12,20H,8-9,13H2,(H2,26,29)/t20-/m1/s1. The summed E-state index contributed by atoms with van der Waals surface area (Å²) in [6.07, 6.45) is 2.53. The van der Waals surface area contributed by atoms with Gasteiger partial charge in [0.05, 0.1) is 6.04 Å². The Labute approximate surface area is 178 Å². The molecule has 0 saturated carbocycles. The number of hydrogen-bond acceptors (Lipinski definition) is 3. The Bertz CT molecular complexity index is 1120. The summed E-state index contributed by atoms with van der Waals surface area (Å²) in [5, 5.41) is 0.282. The number of aromatic nitrogens is 1. The molecule has 2 aromatic carbocycles.